The fourth-order valence-electron chi connectivity index (χ4n) is 11.0. The number of anilines is 3. The first kappa shape index (κ1) is 40.0. The molecule has 0 saturated heterocycles. The highest BCUT2D eigenvalue weighted by molar-refractivity contribution is 7.26. The Morgan fingerprint density at radius 3 is 1.60 bits per heavy atom. The number of nitrogens with zero attached hydrogens (tertiary/aromatic N) is 2. The SMILES string of the molecule is c1ccc(-n2c3ccccc3c3c(-c4cccc(N(c5ccc([Si](c6ccccc6)(c6ccccc6)c6ccccc6)cc5)c5ccc6c(c5)sc5ccc7ccccc7c56)c4)cccc32)cc1. The summed E-state index contributed by atoms with van der Waals surface area (Å²) in [4.78, 5) is 2.46. The summed E-state index contributed by atoms with van der Waals surface area (Å²) in [6.45, 7) is 0. The maximum Gasteiger partial charge on any atom is 0.179 e. The molecule has 0 radical (unpaired) electrons. The summed E-state index contributed by atoms with van der Waals surface area (Å²) in [6.07, 6.45) is 0. The summed E-state index contributed by atoms with van der Waals surface area (Å²) < 4.78 is 4.98. The third kappa shape index (κ3) is 6.45. The van der Waals surface area contributed by atoms with Gasteiger partial charge in [0.25, 0.3) is 0 Å². The monoisotopic (exact) mass is 900 g/mol. The van der Waals surface area contributed by atoms with Gasteiger partial charge in [0.1, 0.15) is 0 Å². The van der Waals surface area contributed by atoms with E-state index in [0.29, 0.717) is 0 Å². The normalized spacial score (nSPS) is 11.8. The van der Waals surface area contributed by atoms with E-state index in [1.165, 1.54) is 84.6 Å². The van der Waals surface area contributed by atoms with Crippen molar-refractivity contribution in [2.45, 2.75) is 0 Å². The molecule has 2 aromatic heterocycles. The molecule has 13 aromatic rings. The van der Waals surface area contributed by atoms with E-state index in [4.69, 9.17) is 0 Å². The van der Waals surface area contributed by atoms with Gasteiger partial charge in [-0.2, -0.15) is 0 Å². The number of hydrogen-bond donors (Lipinski definition) is 0. The van der Waals surface area contributed by atoms with Gasteiger partial charge < -0.3 is 9.47 Å². The molecule has 13 rings (SSSR count). The lowest BCUT2D eigenvalue weighted by atomic mass is 9.98. The number of aromatic nitrogens is 1. The fraction of sp³-hybridized carbons (Fsp3) is 0. The molecular weight excluding hydrogens is 857 g/mol. The van der Waals surface area contributed by atoms with E-state index in [0.717, 1.165) is 22.7 Å². The minimum atomic E-state index is -2.74. The Kier molecular flexibility index (Phi) is 9.74. The maximum atomic E-state index is 2.46. The third-order valence-corrected chi connectivity index (χ3v) is 19.8. The van der Waals surface area contributed by atoms with Crippen molar-refractivity contribution >= 4 is 110 Å². The molecular formula is C64H44N2SSi. The molecule has 2 nitrogen and oxygen atoms in total. The minimum Gasteiger partial charge on any atom is -0.310 e. The van der Waals surface area contributed by atoms with Crippen LogP contribution in [0.15, 0.2) is 267 Å². The summed E-state index contributed by atoms with van der Waals surface area (Å²) in [7, 11) is -2.74. The van der Waals surface area contributed by atoms with E-state index >= 15 is 0 Å². The highest BCUT2D eigenvalue weighted by atomic mass is 32.1. The predicted molar refractivity (Wildman–Crippen MR) is 295 cm³/mol. The topological polar surface area (TPSA) is 8.17 Å². The molecule has 0 spiro atoms. The van der Waals surface area contributed by atoms with Crippen LogP contribution in [0, 0.1) is 0 Å². The first-order valence-corrected chi connectivity index (χ1v) is 26.1. The molecule has 0 aliphatic rings. The first-order chi connectivity index (χ1) is 33.7. The van der Waals surface area contributed by atoms with Gasteiger partial charge in [0.15, 0.2) is 8.07 Å². The zero-order valence-electron chi connectivity index (χ0n) is 37.2. The Bertz CT molecular complexity index is 3860. The van der Waals surface area contributed by atoms with Crippen molar-refractivity contribution in [1.82, 2.24) is 4.57 Å². The Labute approximate surface area is 400 Å². The van der Waals surface area contributed by atoms with Crippen molar-refractivity contribution in [2.75, 3.05) is 4.90 Å². The Balaban J connectivity index is 1.02. The van der Waals surface area contributed by atoms with E-state index < -0.39 is 8.07 Å². The molecule has 0 fully saturated rings. The van der Waals surface area contributed by atoms with Gasteiger partial charge >= 0.3 is 0 Å². The van der Waals surface area contributed by atoms with Crippen LogP contribution in [0.3, 0.4) is 0 Å². The summed E-state index contributed by atoms with van der Waals surface area (Å²) in [5.41, 5.74) is 9.25. The molecule has 2 heterocycles. The summed E-state index contributed by atoms with van der Waals surface area (Å²) >= 11 is 1.88. The molecule has 0 saturated carbocycles. The third-order valence-electron chi connectivity index (χ3n) is 13.9. The van der Waals surface area contributed by atoms with Crippen molar-refractivity contribution in [2.24, 2.45) is 0 Å². The van der Waals surface area contributed by atoms with Gasteiger partial charge in [0, 0.05) is 53.7 Å². The predicted octanol–water partition coefficient (Wildman–Crippen LogP) is 14.8. The van der Waals surface area contributed by atoms with Gasteiger partial charge in [0.05, 0.1) is 11.0 Å². The highest BCUT2D eigenvalue weighted by Gasteiger charge is 2.41. The average Bonchev–Trinajstić information content (AvgIpc) is 3.97. The average molecular weight is 901 g/mol. The van der Waals surface area contributed by atoms with Crippen LogP contribution in [0.2, 0.25) is 0 Å². The molecule has 0 atom stereocenters. The van der Waals surface area contributed by atoms with Crippen molar-refractivity contribution in [1.29, 1.82) is 0 Å². The fourth-order valence-corrected chi connectivity index (χ4v) is 16.9. The van der Waals surface area contributed by atoms with Crippen LogP contribution < -0.4 is 25.6 Å². The van der Waals surface area contributed by atoms with E-state index in [9.17, 15) is 0 Å². The van der Waals surface area contributed by atoms with Crippen LogP contribution in [-0.4, -0.2) is 12.6 Å². The largest absolute Gasteiger partial charge is 0.310 e. The van der Waals surface area contributed by atoms with Crippen molar-refractivity contribution < 1.29 is 0 Å². The molecule has 68 heavy (non-hydrogen) atoms. The van der Waals surface area contributed by atoms with Gasteiger partial charge in [-0.05, 0) is 109 Å². The quantitative estimate of drug-likeness (QED) is 0.104. The van der Waals surface area contributed by atoms with Crippen molar-refractivity contribution in [3.8, 4) is 16.8 Å². The molecule has 0 bridgehead atoms. The minimum absolute atomic E-state index is 1.10. The summed E-state index contributed by atoms with van der Waals surface area (Å²) in [6, 6.07) is 98.9. The number of benzene rings is 11. The number of rotatable bonds is 9. The molecule has 320 valence electrons. The van der Waals surface area contributed by atoms with E-state index in [1.54, 1.807) is 0 Å². The lowest BCUT2D eigenvalue weighted by molar-refractivity contribution is 1.18. The zero-order valence-corrected chi connectivity index (χ0v) is 39.0. The van der Waals surface area contributed by atoms with Gasteiger partial charge in [-0.15, -0.1) is 11.3 Å². The van der Waals surface area contributed by atoms with E-state index in [-0.39, 0.29) is 0 Å². The van der Waals surface area contributed by atoms with Gasteiger partial charge in [-0.3, -0.25) is 0 Å². The lowest BCUT2D eigenvalue weighted by Crippen LogP contribution is -2.74. The second-order valence-corrected chi connectivity index (χ2v) is 22.5. The van der Waals surface area contributed by atoms with Crippen LogP contribution in [0.4, 0.5) is 17.1 Å². The maximum absolute atomic E-state index is 2.74. The van der Waals surface area contributed by atoms with Gasteiger partial charge in [0.2, 0.25) is 0 Å². The van der Waals surface area contributed by atoms with E-state index in [2.05, 4.69) is 276 Å². The zero-order chi connectivity index (χ0) is 45.0. The van der Waals surface area contributed by atoms with Gasteiger partial charge in [-0.25, -0.2) is 0 Å². The molecule has 0 unspecified atom stereocenters. The van der Waals surface area contributed by atoms with Crippen molar-refractivity contribution in [3.05, 3.63) is 267 Å². The first-order valence-electron chi connectivity index (χ1n) is 23.3. The molecule has 11 aromatic carbocycles. The molecule has 4 heteroatoms. The standard InChI is InChI=1S/C64H44N2SSi/c1-5-21-47(22-6-1)66-59-33-16-15-31-57(59)63-56(32-18-34-60(63)66)46-20-17-23-49(43-46)65(50-38-41-58-62(44-50)67-61-42-35-45-19-13-14-30-55(45)64(58)61)48-36-39-54(40-37-48)68(51-24-7-2-8-25-51,52-26-9-3-10-27-52)53-28-11-4-12-29-53/h1-44H. The number of hydrogen-bond acceptors (Lipinski definition) is 2. The molecule has 0 N–H and O–H groups in total. The number of para-hydroxylation sites is 2. The smallest absolute Gasteiger partial charge is 0.179 e. The summed E-state index contributed by atoms with van der Waals surface area (Å²) in [5.74, 6) is 0. The van der Waals surface area contributed by atoms with E-state index in [1.807, 2.05) is 11.3 Å². The lowest BCUT2D eigenvalue weighted by Gasteiger charge is -2.35. The second kappa shape index (κ2) is 16.5. The van der Waals surface area contributed by atoms with Crippen LogP contribution >= 0.6 is 11.3 Å². The van der Waals surface area contributed by atoms with Crippen LogP contribution in [0.1, 0.15) is 0 Å². The van der Waals surface area contributed by atoms with Gasteiger partial charge in [-0.1, -0.05) is 200 Å². The second-order valence-electron chi connectivity index (χ2n) is 17.6. The molecule has 0 amide bonds. The van der Waals surface area contributed by atoms with Crippen LogP contribution in [-0.2, 0) is 0 Å². The molecule has 0 aliphatic carbocycles. The highest BCUT2D eigenvalue weighted by Crippen LogP contribution is 2.44. The summed E-state index contributed by atoms with van der Waals surface area (Å²) in [5, 5.41) is 13.1. The van der Waals surface area contributed by atoms with Crippen LogP contribution in [0.25, 0.3) is 69.6 Å². The number of fused-ring (bicyclic) bond motifs is 8. The Morgan fingerprint density at radius 2 is 0.897 bits per heavy atom. The number of thiophene rings is 1. The Hall–Kier alpha value is -8.28. The Morgan fingerprint density at radius 1 is 0.338 bits per heavy atom. The molecule has 0 aliphatic heterocycles. The van der Waals surface area contributed by atoms with Crippen molar-refractivity contribution in [3.63, 3.8) is 0 Å². The van der Waals surface area contributed by atoms with Crippen LogP contribution in [0.5, 0.6) is 0 Å².